The molecule has 2 aromatic carbocycles. The predicted molar refractivity (Wildman–Crippen MR) is 114 cm³/mol. The molecule has 1 N–H and O–H groups in total. The minimum Gasteiger partial charge on any atom is -0.496 e. The second-order valence-corrected chi connectivity index (χ2v) is 8.18. The van der Waals surface area contributed by atoms with Crippen molar-refractivity contribution in [1.29, 1.82) is 0 Å². The van der Waals surface area contributed by atoms with Gasteiger partial charge in [0.05, 0.1) is 35.4 Å². The molecule has 3 rings (SSSR count). The molecule has 1 amide bonds. The van der Waals surface area contributed by atoms with Gasteiger partial charge < -0.3 is 9.47 Å². The van der Waals surface area contributed by atoms with Crippen molar-refractivity contribution >= 4 is 44.9 Å². The SMILES string of the molecule is COCc1cc(/C(C)=N\NC(=O)CSc2nc3ccccc3s2)ccc1OC. The molecule has 1 aromatic heterocycles. The highest BCUT2D eigenvalue weighted by molar-refractivity contribution is 8.01. The summed E-state index contributed by atoms with van der Waals surface area (Å²) in [5.41, 5.74) is 6.09. The van der Waals surface area contributed by atoms with Crippen molar-refractivity contribution in [2.75, 3.05) is 20.0 Å². The summed E-state index contributed by atoms with van der Waals surface area (Å²) in [5, 5.41) is 4.21. The average molecular weight is 416 g/mol. The van der Waals surface area contributed by atoms with Crippen molar-refractivity contribution in [2.24, 2.45) is 5.10 Å². The van der Waals surface area contributed by atoms with E-state index in [1.807, 2.05) is 49.4 Å². The maximum atomic E-state index is 12.1. The van der Waals surface area contributed by atoms with Crippen molar-refractivity contribution in [2.45, 2.75) is 17.9 Å². The topological polar surface area (TPSA) is 72.8 Å². The molecular weight excluding hydrogens is 394 g/mol. The number of hydrogen-bond donors (Lipinski definition) is 1. The molecule has 6 nitrogen and oxygen atoms in total. The van der Waals surface area contributed by atoms with E-state index in [1.54, 1.807) is 25.6 Å². The van der Waals surface area contributed by atoms with Gasteiger partial charge in [-0.05, 0) is 42.8 Å². The van der Waals surface area contributed by atoms with Crippen molar-refractivity contribution in [3.63, 3.8) is 0 Å². The number of thiazole rings is 1. The third kappa shape index (κ3) is 5.09. The fraction of sp³-hybridized carbons (Fsp3) is 0.250. The number of carbonyl (C=O) groups excluding carboxylic acids is 1. The van der Waals surface area contributed by atoms with E-state index < -0.39 is 0 Å². The molecule has 8 heteroatoms. The van der Waals surface area contributed by atoms with E-state index in [-0.39, 0.29) is 11.7 Å². The Bertz CT molecular complexity index is 968. The maximum absolute atomic E-state index is 12.1. The van der Waals surface area contributed by atoms with Crippen LogP contribution in [0.3, 0.4) is 0 Å². The number of amides is 1. The molecule has 0 aliphatic carbocycles. The number of nitrogens with zero attached hydrogens (tertiary/aromatic N) is 2. The van der Waals surface area contributed by atoms with Gasteiger partial charge >= 0.3 is 0 Å². The summed E-state index contributed by atoms with van der Waals surface area (Å²) in [6.07, 6.45) is 0. The van der Waals surface area contributed by atoms with E-state index in [1.165, 1.54) is 11.8 Å². The zero-order valence-corrected chi connectivity index (χ0v) is 17.5. The van der Waals surface area contributed by atoms with Crippen molar-refractivity contribution < 1.29 is 14.3 Å². The number of ether oxygens (including phenoxy) is 2. The van der Waals surface area contributed by atoms with E-state index in [2.05, 4.69) is 15.5 Å². The standard InChI is InChI=1S/C20H21N3O3S2/c1-13(14-8-9-17(26-3)15(10-14)11-25-2)22-23-19(24)12-27-20-21-16-6-4-5-7-18(16)28-20/h4-10H,11-12H2,1-3H3,(H,23,24)/b22-13-. The van der Waals surface area contributed by atoms with Gasteiger partial charge in [0, 0.05) is 12.7 Å². The molecule has 0 aliphatic heterocycles. The normalized spacial score (nSPS) is 11.6. The van der Waals surface area contributed by atoms with Crippen LogP contribution in [0, 0.1) is 0 Å². The maximum Gasteiger partial charge on any atom is 0.250 e. The Morgan fingerprint density at radius 1 is 1.25 bits per heavy atom. The van der Waals surface area contributed by atoms with Gasteiger partial charge in [-0.1, -0.05) is 23.9 Å². The van der Waals surface area contributed by atoms with Crippen LogP contribution in [0.1, 0.15) is 18.1 Å². The van der Waals surface area contributed by atoms with Crippen molar-refractivity contribution in [3.8, 4) is 5.75 Å². The van der Waals surface area contributed by atoms with Gasteiger partial charge in [0.15, 0.2) is 4.34 Å². The molecule has 1 heterocycles. The van der Waals surface area contributed by atoms with Gasteiger partial charge in [-0.3, -0.25) is 4.79 Å². The van der Waals surface area contributed by atoms with Gasteiger partial charge in [0.2, 0.25) is 0 Å². The first-order valence-electron chi connectivity index (χ1n) is 8.58. The van der Waals surface area contributed by atoms with Crippen LogP contribution in [-0.2, 0) is 16.1 Å². The summed E-state index contributed by atoms with van der Waals surface area (Å²) in [4.78, 5) is 16.6. The number of thioether (sulfide) groups is 1. The van der Waals surface area contributed by atoms with E-state index in [0.29, 0.717) is 12.3 Å². The summed E-state index contributed by atoms with van der Waals surface area (Å²) in [6, 6.07) is 13.7. The first-order chi connectivity index (χ1) is 13.6. The lowest BCUT2D eigenvalue weighted by Crippen LogP contribution is -2.21. The Balaban J connectivity index is 1.59. The number of hydrogen-bond acceptors (Lipinski definition) is 7. The van der Waals surface area contributed by atoms with Crippen LogP contribution in [0.25, 0.3) is 10.2 Å². The Morgan fingerprint density at radius 2 is 2.07 bits per heavy atom. The smallest absolute Gasteiger partial charge is 0.250 e. The number of methoxy groups -OCH3 is 2. The lowest BCUT2D eigenvalue weighted by molar-refractivity contribution is -0.118. The Labute approximate surface area is 172 Å². The van der Waals surface area contributed by atoms with Crippen LogP contribution in [0.5, 0.6) is 5.75 Å². The molecule has 0 saturated carbocycles. The third-order valence-electron chi connectivity index (χ3n) is 3.95. The van der Waals surface area contributed by atoms with Gasteiger partial charge in [0.25, 0.3) is 5.91 Å². The van der Waals surface area contributed by atoms with Crippen LogP contribution >= 0.6 is 23.1 Å². The number of rotatable bonds is 8. The Hall–Kier alpha value is -2.42. The molecule has 0 saturated heterocycles. The van der Waals surface area contributed by atoms with E-state index in [0.717, 1.165) is 31.4 Å². The first-order valence-corrected chi connectivity index (χ1v) is 10.4. The number of aromatic nitrogens is 1. The zero-order chi connectivity index (χ0) is 19.9. The molecule has 0 fully saturated rings. The van der Waals surface area contributed by atoms with Gasteiger partial charge in [0.1, 0.15) is 5.75 Å². The Kier molecular flexibility index (Phi) is 7.02. The second-order valence-electron chi connectivity index (χ2n) is 5.93. The second kappa shape index (κ2) is 9.68. The molecule has 0 spiro atoms. The highest BCUT2D eigenvalue weighted by atomic mass is 32.2. The third-order valence-corrected chi connectivity index (χ3v) is 6.13. The molecule has 0 radical (unpaired) electrons. The summed E-state index contributed by atoms with van der Waals surface area (Å²) in [7, 11) is 3.26. The molecule has 0 unspecified atom stereocenters. The number of carbonyl (C=O) groups is 1. The fourth-order valence-corrected chi connectivity index (χ4v) is 4.42. The Morgan fingerprint density at radius 3 is 2.82 bits per heavy atom. The summed E-state index contributed by atoms with van der Waals surface area (Å²) in [5.74, 6) is 0.845. The predicted octanol–water partition coefficient (Wildman–Crippen LogP) is 4.08. The van der Waals surface area contributed by atoms with Crippen LogP contribution in [0.15, 0.2) is 51.9 Å². The zero-order valence-electron chi connectivity index (χ0n) is 15.9. The van der Waals surface area contributed by atoms with Crippen LogP contribution in [0.4, 0.5) is 0 Å². The van der Waals surface area contributed by atoms with Crippen LogP contribution < -0.4 is 10.2 Å². The lowest BCUT2D eigenvalue weighted by atomic mass is 10.1. The molecule has 0 atom stereocenters. The minimum absolute atomic E-state index is 0.172. The minimum atomic E-state index is -0.172. The highest BCUT2D eigenvalue weighted by Gasteiger charge is 2.09. The highest BCUT2D eigenvalue weighted by Crippen LogP contribution is 2.29. The summed E-state index contributed by atoms with van der Waals surface area (Å²) < 4.78 is 12.5. The molecule has 146 valence electrons. The number of nitrogens with one attached hydrogen (secondary N) is 1. The number of fused-ring (bicyclic) bond motifs is 1. The summed E-state index contributed by atoms with van der Waals surface area (Å²) >= 11 is 2.99. The van der Waals surface area contributed by atoms with E-state index in [9.17, 15) is 4.79 Å². The number of para-hydroxylation sites is 1. The molecule has 28 heavy (non-hydrogen) atoms. The number of hydrazone groups is 1. The van der Waals surface area contributed by atoms with Gasteiger partial charge in [-0.25, -0.2) is 10.4 Å². The molecule has 0 bridgehead atoms. The molecular formula is C20H21N3O3S2. The quantitative estimate of drug-likeness (QED) is 0.341. The van der Waals surface area contributed by atoms with Gasteiger partial charge in [-0.15, -0.1) is 11.3 Å². The fourth-order valence-electron chi connectivity index (χ4n) is 2.56. The average Bonchev–Trinajstić information content (AvgIpc) is 3.13. The van der Waals surface area contributed by atoms with Crippen molar-refractivity contribution in [1.82, 2.24) is 10.4 Å². The molecule has 0 aliphatic rings. The van der Waals surface area contributed by atoms with Crippen LogP contribution in [0.2, 0.25) is 0 Å². The van der Waals surface area contributed by atoms with Crippen LogP contribution in [-0.4, -0.2) is 36.6 Å². The largest absolute Gasteiger partial charge is 0.496 e. The first kappa shape index (κ1) is 20.3. The van der Waals surface area contributed by atoms with Crippen molar-refractivity contribution in [3.05, 3.63) is 53.6 Å². The lowest BCUT2D eigenvalue weighted by Gasteiger charge is -2.10. The molecule has 3 aromatic rings. The monoisotopic (exact) mass is 415 g/mol. The van der Waals surface area contributed by atoms with E-state index in [4.69, 9.17) is 9.47 Å². The van der Waals surface area contributed by atoms with E-state index >= 15 is 0 Å². The summed E-state index contributed by atoms with van der Waals surface area (Å²) in [6.45, 7) is 2.29. The van der Waals surface area contributed by atoms with Gasteiger partial charge in [-0.2, -0.15) is 5.10 Å². The number of benzene rings is 2.